The zero-order chi connectivity index (χ0) is 21.0. The molecule has 1 atom stereocenters. The van der Waals surface area contributed by atoms with Crippen molar-refractivity contribution in [2.75, 3.05) is 0 Å². The fourth-order valence-corrected chi connectivity index (χ4v) is 3.33. The normalized spacial score (nSPS) is 12.3. The number of aliphatic hydroxyl groups is 1. The minimum Gasteiger partial charge on any atom is -0.481 e. The predicted octanol–water partition coefficient (Wildman–Crippen LogP) is 3.01. The number of ketones is 1. The number of carbonyl (C=O) groups excluding carboxylic acids is 1. The first-order valence-electron chi connectivity index (χ1n) is 9.15. The van der Waals surface area contributed by atoms with Crippen molar-refractivity contribution in [2.45, 2.75) is 18.9 Å². The van der Waals surface area contributed by atoms with Crippen LogP contribution in [0.1, 0.15) is 18.5 Å². The number of aliphatic hydroxyl groups excluding tert-OH is 1. The standard InChI is InChI=1S/C23H21NO5/c1-24-20(12-11-16(25)13-17(26)14-21(27)28)22(15-7-3-2-4-8-15)18-9-5-6-10-19(18)23(24)29/h2-12,16,25H,13-14H2,1H3,(H,27,28). The molecule has 0 fully saturated rings. The van der Waals surface area contributed by atoms with Crippen molar-refractivity contribution >= 4 is 28.6 Å². The van der Waals surface area contributed by atoms with Crippen LogP contribution >= 0.6 is 0 Å². The average Bonchev–Trinajstić information content (AvgIpc) is 2.69. The maximum atomic E-state index is 12.8. The lowest BCUT2D eigenvalue weighted by atomic mass is 9.96. The van der Waals surface area contributed by atoms with Gasteiger partial charge >= 0.3 is 5.97 Å². The van der Waals surface area contributed by atoms with Crippen molar-refractivity contribution < 1.29 is 19.8 Å². The quantitative estimate of drug-likeness (QED) is 0.604. The molecule has 0 bridgehead atoms. The highest BCUT2D eigenvalue weighted by Gasteiger charge is 2.16. The summed E-state index contributed by atoms with van der Waals surface area (Å²) in [5.74, 6) is -1.79. The monoisotopic (exact) mass is 391 g/mol. The molecule has 0 spiro atoms. The van der Waals surface area contributed by atoms with E-state index in [1.54, 1.807) is 19.2 Å². The van der Waals surface area contributed by atoms with Crippen molar-refractivity contribution in [2.24, 2.45) is 7.05 Å². The van der Waals surface area contributed by atoms with Gasteiger partial charge in [-0.3, -0.25) is 14.4 Å². The maximum absolute atomic E-state index is 12.8. The van der Waals surface area contributed by atoms with E-state index in [4.69, 9.17) is 5.11 Å². The second-order valence-electron chi connectivity index (χ2n) is 6.78. The van der Waals surface area contributed by atoms with Crippen LogP contribution in [0.3, 0.4) is 0 Å². The molecule has 148 valence electrons. The van der Waals surface area contributed by atoms with Gasteiger partial charge in [-0.1, -0.05) is 54.6 Å². The Labute approximate surface area is 167 Å². The fourth-order valence-electron chi connectivity index (χ4n) is 3.33. The van der Waals surface area contributed by atoms with Crippen molar-refractivity contribution in [1.29, 1.82) is 0 Å². The van der Waals surface area contributed by atoms with Crippen LogP contribution in [0, 0.1) is 0 Å². The number of pyridine rings is 1. The highest BCUT2D eigenvalue weighted by atomic mass is 16.4. The first kappa shape index (κ1) is 20.2. The predicted molar refractivity (Wildman–Crippen MR) is 112 cm³/mol. The van der Waals surface area contributed by atoms with Crippen LogP contribution in [-0.4, -0.2) is 32.6 Å². The van der Waals surface area contributed by atoms with E-state index in [2.05, 4.69) is 0 Å². The van der Waals surface area contributed by atoms with Gasteiger partial charge in [0.15, 0.2) is 0 Å². The Balaban J connectivity index is 2.10. The van der Waals surface area contributed by atoms with Crippen LogP contribution < -0.4 is 5.56 Å². The summed E-state index contributed by atoms with van der Waals surface area (Å²) in [6.07, 6.45) is 0.941. The van der Waals surface area contributed by atoms with E-state index in [0.717, 1.165) is 16.5 Å². The zero-order valence-electron chi connectivity index (χ0n) is 15.9. The Morgan fingerprint density at radius 1 is 1.03 bits per heavy atom. The lowest BCUT2D eigenvalue weighted by molar-refractivity contribution is -0.140. The summed E-state index contributed by atoms with van der Waals surface area (Å²) in [6, 6.07) is 16.9. The van der Waals surface area contributed by atoms with Gasteiger partial charge in [0.2, 0.25) is 0 Å². The molecule has 3 rings (SSSR count). The first-order chi connectivity index (χ1) is 13.9. The summed E-state index contributed by atoms with van der Waals surface area (Å²) in [6.45, 7) is 0. The van der Waals surface area contributed by atoms with Crippen LogP contribution in [0.25, 0.3) is 28.0 Å². The molecule has 6 nitrogen and oxygen atoms in total. The van der Waals surface area contributed by atoms with E-state index in [9.17, 15) is 19.5 Å². The number of hydrogen-bond donors (Lipinski definition) is 2. The second-order valence-corrected chi connectivity index (χ2v) is 6.78. The van der Waals surface area contributed by atoms with Crippen molar-refractivity contribution in [3.63, 3.8) is 0 Å². The molecule has 0 saturated heterocycles. The van der Waals surface area contributed by atoms with E-state index in [1.165, 1.54) is 10.6 Å². The van der Waals surface area contributed by atoms with Gasteiger partial charge in [0.1, 0.15) is 12.2 Å². The van der Waals surface area contributed by atoms with Crippen LogP contribution in [-0.2, 0) is 16.6 Å². The SMILES string of the molecule is Cn1c(C=CC(O)CC(=O)CC(=O)O)c(-c2ccccc2)c2ccccc2c1=O. The third-order valence-corrected chi connectivity index (χ3v) is 4.67. The number of rotatable bonds is 7. The molecule has 0 aliphatic carbocycles. The summed E-state index contributed by atoms with van der Waals surface area (Å²) >= 11 is 0. The smallest absolute Gasteiger partial charge is 0.310 e. The van der Waals surface area contributed by atoms with Gasteiger partial charge in [0, 0.05) is 24.4 Å². The van der Waals surface area contributed by atoms with Crippen LogP contribution in [0.15, 0.2) is 65.5 Å². The molecular formula is C23H21NO5. The third-order valence-electron chi connectivity index (χ3n) is 4.67. The molecule has 3 aromatic rings. The number of aromatic nitrogens is 1. The van der Waals surface area contributed by atoms with Crippen molar-refractivity contribution in [3.05, 3.63) is 76.7 Å². The number of carboxylic acids is 1. The zero-order valence-corrected chi connectivity index (χ0v) is 15.9. The summed E-state index contributed by atoms with van der Waals surface area (Å²) in [4.78, 5) is 35.1. The third kappa shape index (κ3) is 4.50. The number of carbonyl (C=O) groups is 2. The Morgan fingerprint density at radius 3 is 2.31 bits per heavy atom. The second kappa shape index (κ2) is 8.67. The van der Waals surface area contributed by atoms with Gasteiger partial charge in [0.25, 0.3) is 5.56 Å². The molecule has 0 aliphatic heterocycles. The Bertz CT molecular complexity index is 1150. The molecule has 1 unspecified atom stereocenters. The van der Waals surface area contributed by atoms with Gasteiger partial charge in [0.05, 0.1) is 11.8 Å². The van der Waals surface area contributed by atoms with Crippen LogP contribution in [0.5, 0.6) is 0 Å². The molecule has 29 heavy (non-hydrogen) atoms. The first-order valence-corrected chi connectivity index (χ1v) is 9.15. The number of Topliss-reactive ketones (excluding diaryl/α,β-unsaturated/α-hetero) is 1. The number of carboxylic acid groups (broad SMARTS) is 1. The van der Waals surface area contributed by atoms with Gasteiger partial charge in [-0.2, -0.15) is 0 Å². The molecule has 6 heteroatoms. The number of nitrogens with zero attached hydrogens (tertiary/aromatic N) is 1. The Kier molecular flexibility index (Phi) is 6.04. The summed E-state index contributed by atoms with van der Waals surface area (Å²) in [5.41, 5.74) is 2.17. The minimum atomic E-state index is -1.23. The van der Waals surface area contributed by atoms with Crippen LogP contribution in [0.4, 0.5) is 0 Å². The van der Waals surface area contributed by atoms with Crippen molar-refractivity contribution in [3.8, 4) is 11.1 Å². The van der Waals surface area contributed by atoms with Crippen molar-refractivity contribution in [1.82, 2.24) is 4.57 Å². The number of hydrogen-bond acceptors (Lipinski definition) is 4. The summed E-state index contributed by atoms with van der Waals surface area (Å²) < 4.78 is 1.51. The van der Waals surface area contributed by atoms with Gasteiger partial charge in [-0.25, -0.2) is 0 Å². The van der Waals surface area contributed by atoms with E-state index in [-0.39, 0.29) is 12.0 Å². The molecular weight excluding hydrogens is 370 g/mol. The Hall–Kier alpha value is -3.51. The number of aliphatic carboxylic acids is 1. The molecule has 0 aliphatic rings. The number of fused-ring (bicyclic) bond motifs is 1. The fraction of sp³-hybridized carbons (Fsp3) is 0.174. The van der Waals surface area contributed by atoms with E-state index >= 15 is 0 Å². The summed E-state index contributed by atoms with van der Waals surface area (Å²) in [7, 11) is 1.66. The Morgan fingerprint density at radius 2 is 1.66 bits per heavy atom. The van der Waals surface area contributed by atoms with Gasteiger partial charge in [-0.05, 0) is 23.1 Å². The molecule has 0 radical (unpaired) electrons. The highest BCUT2D eigenvalue weighted by Crippen LogP contribution is 2.31. The molecule has 1 heterocycles. The molecule has 0 amide bonds. The molecule has 1 aromatic heterocycles. The summed E-state index contributed by atoms with van der Waals surface area (Å²) in [5, 5.41) is 20.2. The maximum Gasteiger partial charge on any atom is 0.310 e. The van der Waals surface area contributed by atoms with E-state index in [1.807, 2.05) is 48.5 Å². The molecule has 2 N–H and O–H groups in total. The average molecular weight is 391 g/mol. The molecule has 2 aromatic carbocycles. The lowest BCUT2D eigenvalue weighted by Gasteiger charge is -2.15. The largest absolute Gasteiger partial charge is 0.481 e. The van der Waals surface area contributed by atoms with E-state index < -0.39 is 24.3 Å². The van der Waals surface area contributed by atoms with Gasteiger partial charge < -0.3 is 14.8 Å². The topological polar surface area (TPSA) is 96.6 Å². The van der Waals surface area contributed by atoms with Crippen LogP contribution in [0.2, 0.25) is 0 Å². The van der Waals surface area contributed by atoms with E-state index in [0.29, 0.717) is 11.1 Å². The number of benzene rings is 2. The van der Waals surface area contributed by atoms with Gasteiger partial charge in [-0.15, -0.1) is 0 Å². The minimum absolute atomic E-state index is 0.170. The lowest BCUT2D eigenvalue weighted by Crippen LogP contribution is -2.20. The molecule has 0 saturated carbocycles. The highest BCUT2D eigenvalue weighted by molar-refractivity contribution is 5.99.